The van der Waals surface area contributed by atoms with Gasteiger partial charge in [-0.05, 0) is 29.7 Å². The Kier molecular flexibility index (Phi) is 6.23. The van der Waals surface area contributed by atoms with Crippen molar-refractivity contribution in [1.29, 1.82) is 0 Å². The van der Waals surface area contributed by atoms with Crippen molar-refractivity contribution in [3.05, 3.63) is 59.7 Å². The molecule has 130 valence electrons. The third-order valence-corrected chi connectivity index (χ3v) is 4.71. The minimum absolute atomic E-state index is 0.0223. The first-order chi connectivity index (χ1) is 11.4. The van der Waals surface area contributed by atoms with Crippen LogP contribution in [0.5, 0.6) is 11.5 Å². The monoisotopic (exact) mass is 349 g/mol. The molecule has 0 amide bonds. The normalized spacial score (nSPS) is 11.6. The van der Waals surface area contributed by atoms with Crippen LogP contribution in [0.2, 0.25) is 0 Å². The molecule has 0 saturated carbocycles. The average molecular weight is 349 g/mol. The van der Waals surface area contributed by atoms with Gasteiger partial charge in [-0.1, -0.05) is 43.3 Å². The first-order valence-corrected chi connectivity index (χ1v) is 9.68. The van der Waals surface area contributed by atoms with E-state index in [1.54, 1.807) is 18.2 Å². The smallest absolute Gasteiger partial charge is 0.211 e. The molecule has 0 aliphatic rings. The SMILES string of the molecule is CCCOc1ccc(CN(Cc2ccccc2)S(C)(=O)=O)cc1O. The molecule has 0 aliphatic heterocycles. The van der Waals surface area contributed by atoms with E-state index in [1.807, 2.05) is 37.3 Å². The summed E-state index contributed by atoms with van der Waals surface area (Å²) in [7, 11) is -3.38. The molecule has 0 atom stereocenters. The lowest BCUT2D eigenvalue weighted by molar-refractivity contribution is 0.299. The molecule has 2 aromatic rings. The second-order valence-electron chi connectivity index (χ2n) is 5.67. The van der Waals surface area contributed by atoms with Crippen LogP contribution in [0.3, 0.4) is 0 Å². The number of ether oxygens (including phenoxy) is 1. The van der Waals surface area contributed by atoms with E-state index >= 15 is 0 Å². The maximum atomic E-state index is 12.1. The molecule has 0 aromatic heterocycles. The quantitative estimate of drug-likeness (QED) is 0.795. The highest BCUT2D eigenvalue weighted by atomic mass is 32.2. The Morgan fingerprint density at radius 3 is 2.29 bits per heavy atom. The first kappa shape index (κ1) is 18.3. The molecule has 6 heteroatoms. The van der Waals surface area contributed by atoms with Crippen LogP contribution < -0.4 is 4.74 Å². The molecule has 0 saturated heterocycles. The van der Waals surface area contributed by atoms with Crippen molar-refractivity contribution in [3.63, 3.8) is 0 Å². The maximum absolute atomic E-state index is 12.1. The van der Waals surface area contributed by atoms with Gasteiger partial charge < -0.3 is 9.84 Å². The van der Waals surface area contributed by atoms with E-state index in [-0.39, 0.29) is 18.8 Å². The van der Waals surface area contributed by atoms with Crippen LogP contribution in [0.15, 0.2) is 48.5 Å². The lowest BCUT2D eigenvalue weighted by atomic mass is 10.2. The van der Waals surface area contributed by atoms with Gasteiger partial charge in [-0.15, -0.1) is 0 Å². The largest absolute Gasteiger partial charge is 0.504 e. The Hall–Kier alpha value is -2.05. The molecule has 0 heterocycles. The summed E-state index contributed by atoms with van der Waals surface area (Å²) in [5, 5.41) is 10.0. The second-order valence-corrected chi connectivity index (χ2v) is 7.65. The standard InChI is InChI=1S/C18H23NO4S/c1-3-11-23-18-10-9-16(12-17(18)20)14-19(24(2,21)22)13-15-7-5-4-6-8-15/h4-10,12,20H,3,11,13-14H2,1-2H3. The number of phenols is 1. The van der Waals surface area contributed by atoms with Crippen molar-refractivity contribution in [2.24, 2.45) is 0 Å². The number of phenolic OH excluding ortho intramolecular Hbond substituents is 1. The number of rotatable bonds is 8. The fourth-order valence-electron chi connectivity index (χ4n) is 2.28. The summed E-state index contributed by atoms with van der Waals surface area (Å²) in [6, 6.07) is 14.4. The van der Waals surface area contributed by atoms with Crippen molar-refractivity contribution in [2.45, 2.75) is 26.4 Å². The van der Waals surface area contributed by atoms with Gasteiger partial charge in [0.2, 0.25) is 10.0 Å². The summed E-state index contributed by atoms with van der Waals surface area (Å²) in [5.74, 6) is 0.434. The van der Waals surface area contributed by atoms with E-state index in [0.29, 0.717) is 17.9 Å². The molecule has 2 aromatic carbocycles. The molecule has 2 rings (SSSR count). The van der Waals surface area contributed by atoms with Crippen LogP contribution in [-0.4, -0.2) is 30.7 Å². The number of hydrogen-bond acceptors (Lipinski definition) is 4. The summed E-state index contributed by atoms with van der Waals surface area (Å²) in [4.78, 5) is 0. The van der Waals surface area contributed by atoms with Crippen LogP contribution >= 0.6 is 0 Å². The Morgan fingerprint density at radius 1 is 1.04 bits per heavy atom. The van der Waals surface area contributed by atoms with Crippen molar-refractivity contribution >= 4 is 10.0 Å². The van der Waals surface area contributed by atoms with E-state index in [4.69, 9.17) is 4.74 Å². The van der Waals surface area contributed by atoms with Gasteiger partial charge in [-0.3, -0.25) is 0 Å². The number of sulfonamides is 1. The lowest BCUT2D eigenvalue weighted by Gasteiger charge is -2.20. The Bertz CT molecular complexity index is 760. The molecule has 24 heavy (non-hydrogen) atoms. The third-order valence-electron chi connectivity index (χ3n) is 3.51. The summed E-state index contributed by atoms with van der Waals surface area (Å²) in [6.07, 6.45) is 2.04. The van der Waals surface area contributed by atoms with E-state index in [0.717, 1.165) is 12.0 Å². The maximum Gasteiger partial charge on any atom is 0.211 e. The van der Waals surface area contributed by atoms with Crippen LogP contribution in [0.4, 0.5) is 0 Å². The van der Waals surface area contributed by atoms with Crippen LogP contribution in [0.1, 0.15) is 24.5 Å². The summed E-state index contributed by atoms with van der Waals surface area (Å²) >= 11 is 0. The Labute approximate surface area is 143 Å². The van der Waals surface area contributed by atoms with Crippen LogP contribution in [-0.2, 0) is 23.1 Å². The van der Waals surface area contributed by atoms with E-state index in [2.05, 4.69) is 0 Å². The summed E-state index contributed by atoms with van der Waals surface area (Å²) in [6.45, 7) is 2.99. The molecule has 1 N–H and O–H groups in total. The fraction of sp³-hybridized carbons (Fsp3) is 0.333. The van der Waals surface area contributed by atoms with Gasteiger partial charge in [0.1, 0.15) is 0 Å². The molecule has 0 fully saturated rings. The molecule has 0 aliphatic carbocycles. The minimum atomic E-state index is -3.38. The van der Waals surface area contributed by atoms with Gasteiger partial charge in [0.25, 0.3) is 0 Å². The lowest BCUT2D eigenvalue weighted by Crippen LogP contribution is -2.29. The number of aromatic hydroxyl groups is 1. The highest BCUT2D eigenvalue weighted by Gasteiger charge is 2.18. The highest BCUT2D eigenvalue weighted by molar-refractivity contribution is 7.88. The van der Waals surface area contributed by atoms with Gasteiger partial charge in [-0.2, -0.15) is 4.31 Å². The zero-order chi connectivity index (χ0) is 17.6. The first-order valence-electron chi connectivity index (χ1n) is 7.84. The van der Waals surface area contributed by atoms with E-state index in [1.165, 1.54) is 10.6 Å². The topological polar surface area (TPSA) is 66.8 Å². The van der Waals surface area contributed by atoms with Crippen molar-refractivity contribution in [1.82, 2.24) is 4.31 Å². The van der Waals surface area contributed by atoms with Crippen LogP contribution in [0, 0.1) is 0 Å². The number of benzene rings is 2. The predicted molar refractivity (Wildman–Crippen MR) is 94.4 cm³/mol. The van der Waals surface area contributed by atoms with Gasteiger partial charge in [0.15, 0.2) is 11.5 Å². The van der Waals surface area contributed by atoms with Gasteiger partial charge >= 0.3 is 0 Å². The van der Waals surface area contributed by atoms with Crippen molar-refractivity contribution in [2.75, 3.05) is 12.9 Å². The molecule has 0 bridgehead atoms. The zero-order valence-corrected chi connectivity index (χ0v) is 14.8. The molecule has 5 nitrogen and oxygen atoms in total. The van der Waals surface area contributed by atoms with E-state index < -0.39 is 10.0 Å². The molecule has 0 unspecified atom stereocenters. The number of nitrogens with zero attached hydrogens (tertiary/aromatic N) is 1. The third kappa shape index (κ3) is 5.25. The molecular formula is C18H23NO4S. The van der Waals surface area contributed by atoms with Gasteiger partial charge in [-0.25, -0.2) is 8.42 Å². The Morgan fingerprint density at radius 2 is 1.71 bits per heavy atom. The van der Waals surface area contributed by atoms with Gasteiger partial charge in [0, 0.05) is 13.1 Å². The summed E-state index contributed by atoms with van der Waals surface area (Å²) < 4.78 is 30.9. The fourth-order valence-corrected chi connectivity index (χ4v) is 3.04. The second kappa shape index (κ2) is 8.17. The summed E-state index contributed by atoms with van der Waals surface area (Å²) in [5.41, 5.74) is 1.62. The molecular weight excluding hydrogens is 326 g/mol. The highest BCUT2D eigenvalue weighted by Crippen LogP contribution is 2.28. The molecule has 0 spiro atoms. The minimum Gasteiger partial charge on any atom is -0.504 e. The van der Waals surface area contributed by atoms with Crippen LogP contribution in [0.25, 0.3) is 0 Å². The van der Waals surface area contributed by atoms with Gasteiger partial charge in [0.05, 0.1) is 12.9 Å². The van der Waals surface area contributed by atoms with Crippen molar-refractivity contribution in [3.8, 4) is 11.5 Å². The Balaban J connectivity index is 2.16. The molecule has 0 radical (unpaired) electrons. The predicted octanol–water partition coefficient (Wildman–Crippen LogP) is 3.14. The average Bonchev–Trinajstić information content (AvgIpc) is 2.53. The number of hydrogen-bond donors (Lipinski definition) is 1. The van der Waals surface area contributed by atoms with E-state index in [9.17, 15) is 13.5 Å². The zero-order valence-electron chi connectivity index (χ0n) is 14.0. The van der Waals surface area contributed by atoms with Crippen molar-refractivity contribution < 1.29 is 18.3 Å².